The monoisotopic (exact) mass is 422 g/mol. The van der Waals surface area contributed by atoms with Gasteiger partial charge in [0.1, 0.15) is 0 Å². The molecule has 0 aromatic heterocycles. The van der Waals surface area contributed by atoms with Crippen LogP contribution in [0.15, 0.2) is 48.5 Å². The van der Waals surface area contributed by atoms with Crippen LogP contribution in [0.1, 0.15) is 51.3 Å². The lowest BCUT2D eigenvalue weighted by atomic mass is 10.1. The summed E-state index contributed by atoms with van der Waals surface area (Å²) in [6.45, 7) is 8.60. The molecule has 0 spiro atoms. The van der Waals surface area contributed by atoms with Crippen molar-refractivity contribution in [3.8, 4) is 0 Å². The van der Waals surface area contributed by atoms with E-state index in [1.54, 1.807) is 36.4 Å². The zero-order valence-electron chi connectivity index (χ0n) is 18.2. The third-order valence-electron chi connectivity index (χ3n) is 5.52. The van der Waals surface area contributed by atoms with Gasteiger partial charge in [0.05, 0.1) is 11.1 Å². The third kappa shape index (κ3) is 5.49. The summed E-state index contributed by atoms with van der Waals surface area (Å²) in [5.41, 5.74) is 2.47. The summed E-state index contributed by atoms with van der Waals surface area (Å²) in [7, 11) is 0. The molecule has 0 saturated heterocycles. The van der Waals surface area contributed by atoms with Gasteiger partial charge in [0.15, 0.2) is 0 Å². The summed E-state index contributed by atoms with van der Waals surface area (Å²) in [6, 6.07) is 14.2. The number of nitrogens with one attached hydrogen (secondary N) is 2. The predicted octanol–water partition coefficient (Wildman–Crippen LogP) is 2.86. The maximum atomic E-state index is 12.4. The maximum absolute atomic E-state index is 12.4. The molecule has 1 aliphatic heterocycles. The van der Waals surface area contributed by atoms with Gasteiger partial charge in [-0.25, -0.2) is 0 Å². The number of benzene rings is 2. The van der Waals surface area contributed by atoms with Crippen LogP contribution in [0.4, 0.5) is 5.69 Å². The number of rotatable bonds is 11. The van der Waals surface area contributed by atoms with Crippen molar-refractivity contribution >= 4 is 23.4 Å². The van der Waals surface area contributed by atoms with Gasteiger partial charge in [0, 0.05) is 37.4 Å². The molecule has 2 aromatic carbocycles. The largest absolute Gasteiger partial charge is 0.385 e. The Balaban J connectivity index is 1.40. The molecule has 0 atom stereocenters. The second-order valence-electron chi connectivity index (χ2n) is 7.45. The van der Waals surface area contributed by atoms with Crippen molar-refractivity contribution in [1.29, 1.82) is 0 Å². The summed E-state index contributed by atoms with van der Waals surface area (Å²) in [5, 5.41) is 6.22. The number of nitrogens with zero attached hydrogens (tertiary/aromatic N) is 2. The number of imide groups is 1. The van der Waals surface area contributed by atoms with Crippen molar-refractivity contribution in [2.24, 2.45) is 0 Å². The summed E-state index contributed by atoms with van der Waals surface area (Å²) in [6.07, 6.45) is 0.638. The molecule has 0 fully saturated rings. The van der Waals surface area contributed by atoms with Crippen molar-refractivity contribution in [2.75, 3.05) is 44.6 Å². The van der Waals surface area contributed by atoms with Crippen LogP contribution in [0.3, 0.4) is 0 Å². The lowest BCUT2D eigenvalue weighted by molar-refractivity contribution is 0.0653. The molecule has 0 aliphatic carbocycles. The standard InChI is InChI=1S/C24H30N4O3/c1-3-27(4-2)17-15-26-22(29)18-10-12-19(13-11-18)25-14-7-16-28-23(30)20-8-5-6-9-21(20)24(28)31/h5-6,8-13,25H,3-4,7,14-17H2,1-2H3,(H,26,29). The van der Waals surface area contributed by atoms with Crippen LogP contribution < -0.4 is 10.6 Å². The summed E-state index contributed by atoms with van der Waals surface area (Å²) in [4.78, 5) is 40.5. The fraction of sp³-hybridized carbons (Fsp3) is 0.375. The first-order chi connectivity index (χ1) is 15.0. The first-order valence-electron chi connectivity index (χ1n) is 10.8. The number of fused-ring (bicyclic) bond motifs is 1. The Hall–Kier alpha value is -3.19. The Morgan fingerprint density at radius 3 is 2.10 bits per heavy atom. The number of carbonyl (C=O) groups is 3. The molecule has 0 unspecified atom stereocenters. The molecule has 0 bridgehead atoms. The number of hydrogen-bond acceptors (Lipinski definition) is 5. The number of amides is 3. The molecule has 3 rings (SSSR count). The quantitative estimate of drug-likeness (QED) is 0.430. The fourth-order valence-corrected chi connectivity index (χ4v) is 3.62. The number of anilines is 1. The van der Waals surface area contributed by atoms with Gasteiger partial charge in [-0.15, -0.1) is 0 Å². The second kappa shape index (κ2) is 10.7. The SMILES string of the molecule is CCN(CC)CCNC(=O)c1ccc(NCCCN2C(=O)c3ccccc3C2=O)cc1. The number of likely N-dealkylation sites (N-methyl/N-ethyl adjacent to an activating group) is 1. The fourth-order valence-electron chi connectivity index (χ4n) is 3.62. The Labute approximate surface area is 183 Å². The zero-order chi connectivity index (χ0) is 22.2. The van der Waals surface area contributed by atoms with E-state index in [1.807, 2.05) is 12.1 Å². The van der Waals surface area contributed by atoms with Gasteiger partial charge in [0.2, 0.25) is 0 Å². The number of carbonyl (C=O) groups excluding carboxylic acids is 3. The minimum absolute atomic E-state index is 0.0793. The van der Waals surface area contributed by atoms with Crippen molar-refractivity contribution in [2.45, 2.75) is 20.3 Å². The van der Waals surface area contributed by atoms with Crippen molar-refractivity contribution in [3.63, 3.8) is 0 Å². The van der Waals surface area contributed by atoms with E-state index in [-0.39, 0.29) is 17.7 Å². The molecule has 164 valence electrons. The van der Waals surface area contributed by atoms with Crippen LogP contribution in [0.5, 0.6) is 0 Å². The van der Waals surface area contributed by atoms with E-state index in [4.69, 9.17) is 0 Å². The predicted molar refractivity (Wildman–Crippen MR) is 121 cm³/mol. The highest BCUT2D eigenvalue weighted by atomic mass is 16.2. The van der Waals surface area contributed by atoms with Crippen LogP contribution in [0.2, 0.25) is 0 Å². The Morgan fingerprint density at radius 1 is 0.903 bits per heavy atom. The Kier molecular flexibility index (Phi) is 7.78. The van der Waals surface area contributed by atoms with E-state index in [1.165, 1.54) is 4.90 Å². The van der Waals surface area contributed by atoms with Gasteiger partial charge in [-0.3, -0.25) is 19.3 Å². The summed E-state index contributed by atoms with van der Waals surface area (Å²) < 4.78 is 0. The van der Waals surface area contributed by atoms with Gasteiger partial charge in [-0.2, -0.15) is 0 Å². The van der Waals surface area contributed by atoms with Gasteiger partial charge in [0.25, 0.3) is 17.7 Å². The summed E-state index contributed by atoms with van der Waals surface area (Å²) >= 11 is 0. The third-order valence-corrected chi connectivity index (χ3v) is 5.52. The zero-order valence-corrected chi connectivity index (χ0v) is 18.2. The normalized spacial score (nSPS) is 12.9. The van der Waals surface area contributed by atoms with Gasteiger partial charge >= 0.3 is 0 Å². The van der Waals surface area contributed by atoms with E-state index < -0.39 is 0 Å². The van der Waals surface area contributed by atoms with Crippen LogP contribution in [0, 0.1) is 0 Å². The number of hydrogen-bond donors (Lipinski definition) is 2. The molecule has 2 aromatic rings. The molecule has 0 radical (unpaired) electrons. The van der Waals surface area contributed by atoms with Crippen LogP contribution >= 0.6 is 0 Å². The molecular formula is C24H30N4O3. The van der Waals surface area contributed by atoms with E-state index in [2.05, 4.69) is 29.4 Å². The first-order valence-corrected chi connectivity index (χ1v) is 10.8. The Morgan fingerprint density at radius 2 is 1.52 bits per heavy atom. The summed E-state index contributed by atoms with van der Waals surface area (Å²) in [5.74, 6) is -0.529. The van der Waals surface area contributed by atoms with Gasteiger partial charge < -0.3 is 15.5 Å². The van der Waals surface area contributed by atoms with E-state index in [0.717, 1.165) is 25.3 Å². The maximum Gasteiger partial charge on any atom is 0.261 e. The van der Waals surface area contributed by atoms with Gasteiger partial charge in [-0.1, -0.05) is 26.0 Å². The minimum atomic E-state index is -0.225. The molecule has 7 nitrogen and oxygen atoms in total. The van der Waals surface area contributed by atoms with E-state index in [0.29, 0.717) is 42.7 Å². The highest BCUT2D eigenvalue weighted by Crippen LogP contribution is 2.22. The molecule has 0 saturated carbocycles. The van der Waals surface area contributed by atoms with E-state index >= 15 is 0 Å². The average Bonchev–Trinajstić information content (AvgIpc) is 3.04. The molecule has 1 heterocycles. The second-order valence-corrected chi connectivity index (χ2v) is 7.45. The highest BCUT2D eigenvalue weighted by Gasteiger charge is 2.34. The van der Waals surface area contributed by atoms with Crippen LogP contribution in [-0.4, -0.2) is 66.8 Å². The lowest BCUT2D eigenvalue weighted by Crippen LogP contribution is -2.34. The van der Waals surface area contributed by atoms with Crippen molar-refractivity contribution < 1.29 is 14.4 Å². The topological polar surface area (TPSA) is 81.8 Å². The average molecular weight is 423 g/mol. The molecule has 1 aliphatic rings. The van der Waals surface area contributed by atoms with Gasteiger partial charge in [-0.05, 0) is 55.9 Å². The van der Waals surface area contributed by atoms with Crippen molar-refractivity contribution in [3.05, 3.63) is 65.2 Å². The molecule has 2 N–H and O–H groups in total. The molecule has 31 heavy (non-hydrogen) atoms. The minimum Gasteiger partial charge on any atom is -0.385 e. The highest BCUT2D eigenvalue weighted by molar-refractivity contribution is 6.21. The van der Waals surface area contributed by atoms with Crippen molar-refractivity contribution in [1.82, 2.24) is 15.1 Å². The van der Waals surface area contributed by atoms with E-state index in [9.17, 15) is 14.4 Å². The molecule has 3 amide bonds. The smallest absolute Gasteiger partial charge is 0.261 e. The lowest BCUT2D eigenvalue weighted by Gasteiger charge is -2.18. The first kappa shape index (κ1) is 22.5. The molecule has 7 heteroatoms. The van der Waals surface area contributed by atoms with Crippen LogP contribution in [-0.2, 0) is 0 Å². The molecular weight excluding hydrogens is 392 g/mol. The Bertz CT molecular complexity index is 888. The van der Waals surface area contributed by atoms with Crippen LogP contribution in [0.25, 0.3) is 0 Å².